The molecule has 0 saturated carbocycles. The van der Waals surface area contributed by atoms with Crippen molar-refractivity contribution < 1.29 is 4.79 Å². The van der Waals surface area contributed by atoms with E-state index in [0.717, 1.165) is 11.8 Å². The molecule has 0 aliphatic rings. The molecule has 0 bridgehead atoms. The second kappa shape index (κ2) is 4.07. The van der Waals surface area contributed by atoms with Gasteiger partial charge < -0.3 is 0 Å². The fourth-order valence-corrected chi connectivity index (χ4v) is 1.23. The molecule has 0 atom stereocenters. The van der Waals surface area contributed by atoms with Crippen molar-refractivity contribution >= 4 is 23.5 Å². The monoisotopic (exact) mass is 180 g/mol. The summed E-state index contributed by atoms with van der Waals surface area (Å²) in [7, 11) is 0. The lowest BCUT2D eigenvalue weighted by atomic mass is 10.1. The molecular formula is C10H9ClO. The normalized spacial score (nSPS) is 11.3. The molecule has 1 rings (SSSR count). The van der Waals surface area contributed by atoms with Gasteiger partial charge in [-0.1, -0.05) is 35.9 Å². The molecule has 0 heterocycles. The van der Waals surface area contributed by atoms with Crippen LogP contribution in [0.1, 0.15) is 12.5 Å². The van der Waals surface area contributed by atoms with Crippen LogP contribution in [0.25, 0.3) is 5.57 Å². The predicted molar refractivity (Wildman–Crippen MR) is 51.2 cm³/mol. The number of allylic oxidation sites excluding steroid dienone is 2. The van der Waals surface area contributed by atoms with Crippen LogP contribution in [-0.4, -0.2) is 6.29 Å². The number of carbonyl (C=O) groups is 1. The van der Waals surface area contributed by atoms with Crippen LogP contribution in [0, 0.1) is 0 Å². The quantitative estimate of drug-likeness (QED) is 0.505. The molecule has 1 aromatic rings. The average molecular weight is 181 g/mol. The van der Waals surface area contributed by atoms with Gasteiger partial charge in [-0.25, -0.2) is 0 Å². The third-order valence-corrected chi connectivity index (χ3v) is 1.95. The first kappa shape index (κ1) is 9.01. The summed E-state index contributed by atoms with van der Waals surface area (Å²) in [5.74, 6) is 0. The van der Waals surface area contributed by atoms with Crippen LogP contribution < -0.4 is 0 Å². The van der Waals surface area contributed by atoms with E-state index in [9.17, 15) is 4.79 Å². The molecule has 12 heavy (non-hydrogen) atoms. The van der Waals surface area contributed by atoms with Gasteiger partial charge in [0.05, 0.1) is 0 Å². The first-order valence-corrected chi connectivity index (χ1v) is 4.03. The summed E-state index contributed by atoms with van der Waals surface area (Å²) in [4.78, 5) is 10.6. The molecule has 62 valence electrons. The number of benzene rings is 1. The summed E-state index contributed by atoms with van der Waals surface area (Å²) in [5.41, 5.74) is 1.41. The Morgan fingerprint density at radius 3 is 2.58 bits per heavy atom. The average Bonchev–Trinajstić information content (AvgIpc) is 2.10. The van der Waals surface area contributed by atoms with E-state index >= 15 is 0 Å². The summed E-state index contributed by atoms with van der Waals surface area (Å²) < 4.78 is 0. The molecule has 0 aliphatic carbocycles. The van der Waals surface area contributed by atoms with Crippen molar-refractivity contribution in [2.75, 3.05) is 0 Å². The Hall–Kier alpha value is -1.08. The van der Waals surface area contributed by atoms with Gasteiger partial charge in [-0.05, 0) is 13.0 Å². The van der Waals surface area contributed by atoms with Crippen LogP contribution in [0.4, 0.5) is 0 Å². The van der Waals surface area contributed by atoms with Crippen molar-refractivity contribution in [3.05, 3.63) is 40.9 Å². The van der Waals surface area contributed by atoms with E-state index in [0.29, 0.717) is 10.6 Å². The fourth-order valence-electron chi connectivity index (χ4n) is 0.982. The Morgan fingerprint density at radius 2 is 2.08 bits per heavy atom. The highest BCUT2D eigenvalue weighted by Gasteiger charge is 2.02. The lowest BCUT2D eigenvalue weighted by Crippen LogP contribution is -1.85. The molecule has 0 unspecified atom stereocenters. The van der Waals surface area contributed by atoms with Crippen molar-refractivity contribution in [2.45, 2.75) is 6.92 Å². The lowest BCUT2D eigenvalue weighted by molar-refractivity contribution is -0.103. The smallest absolute Gasteiger partial charge is 0.150 e. The van der Waals surface area contributed by atoms with Crippen LogP contribution in [0.5, 0.6) is 0 Å². The van der Waals surface area contributed by atoms with Crippen molar-refractivity contribution in [3.8, 4) is 0 Å². The maximum atomic E-state index is 10.6. The largest absolute Gasteiger partial charge is 0.298 e. The third-order valence-electron chi connectivity index (χ3n) is 1.62. The highest BCUT2D eigenvalue weighted by molar-refractivity contribution is 6.33. The summed E-state index contributed by atoms with van der Waals surface area (Å²) >= 11 is 5.88. The van der Waals surface area contributed by atoms with Gasteiger partial charge in [-0.3, -0.25) is 4.79 Å². The zero-order valence-corrected chi connectivity index (χ0v) is 7.51. The molecule has 0 saturated heterocycles. The van der Waals surface area contributed by atoms with Gasteiger partial charge in [0, 0.05) is 16.2 Å². The second-order valence-corrected chi connectivity index (χ2v) is 2.75. The Kier molecular flexibility index (Phi) is 3.06. The molecule has 0 spiro atoms. The number of halogens is 1. The first-order valence-electron chi connectivity index (χ1n) is 3.66. The highest BCUT2D eigenvalue weighted by Crippen LogP contribution is 2.21. The number of carbonyl (C=O) groups excluding carboxylic acids is 1. The minimum Gasteiger partial charge on any atom is -0.298 e. The van der Waals surface area contributed by atoms with E-state index in [1.165, 1.54) is 0 Å². The molecule has 1 nitrogen and oxygen atoms in total. The molecule has 0 radical (unpaired) electrons. The van der Waals surface area contributed by atoms with Crippen LogP contribution in [-0.2, 0) is 4.79 Å². The fraction of sp³-hybridized carbons (Fsp3) is 0.100. The zero-order valence-electron chi connectivity index (χ0n) is 6.75. The Balaban J connectivity index is 3.18. The SMILES string of the molecule is CC=C(C=O)c1ccccc1Cl. The molecule has 0 amide bonds. The van der Waals surface area contributed by atoms with Crippen LogP contribution in [0.15, 0.2) is 30.3 Å². The van der Waals surface area contributed by atoms with Gasteiger partial charge in [0.25, 0.3) is 0 Å². The topological polar surface area (TPSA) is 17.1 Å². The molecule has 0 aliphatic heterocycles. The van der Waals surface area contributed by atoms with E-state index < -0.39 is 0 Å². The van der Waals surface area contributed by atoms with E-state index in [2.05, 4.69) is 0 Å². The number of hydrogen-bond donors (Lipinski definition) is 0. The molecular weight excluding hydrogens is 172 g/mol. The van der Waals surface area contributed by atoms with E-state index in [4.69, 9.17) is 11.6 Å². The number of aldehydes is 1. The standard InChI is InChI=1S/C10H9ClO/c1-2-8(7-12)9-5-3-4-6-10(9)11/h2-7H,1H3. The second-order valence-electron chi connectivity index (χ2n) is 2.34. The van der Waals surface area contributed by atoms with Crippen molar-refractivity contribution in [3.63, 3.8) is 0 Å². The van der Waals surface area contributed by atoms with E-state index in [1.54, 1.807) is 12.1 Å². The summed E-state index contributed by atoms with van der Waals surface area (Å²) in [6, 6.07) is 7.29. The summed E-state index contributed by atoms with van der Waals surface area (Å²) in [6.07, 6.45) is 2.55. The molecule has 1 aromatic carbocycles. The minimum absolute atomic E-state index is 0.609. The van der Waals surface area contributed by atoms with Crippen LogP contribution >= 0.6 is 11.6 Å². The van der Waals surface area contributed by atoms with E-state index in [1.807, 2.05) is 25.1 Å². The van der Waals surface area contributed by atoms with Crippen molar-refractivity contribution in [1.82, 2.24) is 0 Å². The Labute approximate surface area is 76.7 Å². The van der Waals surface area contributed by atoms with Gasteiger partial charge in [-0.2, -0.15) is 0 Å². The van der Waals surface area contributed by atoms with Crippen LogP contribution in [0.2, 0.25) is 5.02 Å². The van der Waals surface area contributed by atoms with Gasteiger partial charge in [0.15, 0.2) is 0 Å². The highest BCUT2D eigenvalue weighted by atomic mass is 35.5. The first-order chi connectivity index (χ1) is 5.79. The molecule has 0 N–H and O–H groups in total. The van der Waals surface area contributed by atoms with Gasteiger partial charge in [0.2, 0.25) is 0 Å². The minimum atomic E-state index is 0.609. The van der Waals surface area contributed by atoms with E-state index in [-0.39, 0.29) is 0 Å². The Morgan fingerprint density at radius 1 is 1.42 bits per heavy atom. The maximum absolute atomic E-state index is 10.6. The summed E-state index contributed by atoms with van der Waals surface area (Å²) in [5, 5.41) is 0.609. The Bertz CT molecular complexity index is 315. The van der Waals surface area contributed by atoms with Crippen LogP contribution in [0.3, 0.4) is 0 Å². The van der Waals surface area contributed by atoms with Crippen molar-refractivity contribution in [2.24, 2.45) is 0 Å². The molecule has 0 fully saturated rings. The summed E-state index contributed by atoms with van der Waals surface area (Å²) in [6.45, 7) is 1.81. The third kappa shape index (κ3) is 1.74. The van der Waals surface area contributed by atoms with Gasteiger partial charge in [0.1, 0.15) is 6.29 Å². The number of rotatable bonds is 2. The maximum Gasteiger partial charge on any atom is 0.150 e. The van der Waals surface area contributed by atoms with Gasteiger partial charge in [-0.15, -0.1) is 0 Å². The molecule has 0 aromatic heterocycles. The predicted octanol–water partition coefficient (Wildman–Crippen LogP) is 2.94. The lowest BCUT2D eigenvalue weighted by Gasteiger charge is -2.00. The molecule has 2 heteroatoms. The van der Waals surface area contributed by atoms with Crippen molar-refractivity contribution in [1.29, 1.82) is 0 Å². The zero-order chi connectivity index (χ0) is 8.97. The number of hydrogen-bond acceptors (Lipinski definition) is 1. The van der Waals surface area contributed by atoms with Gasteiger partial charge >= 0.3 is 0 Å².